The number of carbonyl (C=O) groups excluding carboxylic acids is 1. The molecule has 118 valence electrons. The highest BCUT2D eigenvalue weighted by Crippen LogP contribution is 2.34. The Hall–Kier alpha value is -1.81. The van der Waals surface area contributed by atoms with Gasteiger partial charge < -0.3 is 10.1 Å². The summed E-state index contributed by atoms with van der Waals surface area (Å²) < 4.78 is 5.06. The minimum Gasteiger partial charge on any atom is -0.469 e. The Morgan fingerprint density at radius 3 is 3.05 bits per heavy atom. The molecule has 1 fully saturated rings. The first-order valence-corrected chi connectivity index (χ1v) is 8.02. The number of hydrogen-bond donors (Lipinski definition) is 1. The highest BCUT2D eigenvalue weighted by molar-refractivity contribution is 5.74. The van der Waals surface area contributed by atoms with E-state index in [1.165, 1.54) is 18.4 Å². The van der Waals surface area contributed by atoms with Gasteiger partial charge in [0.05, 0.1) is 13.0 Å². The number of nitrogens with zero attached hydrogens (tertiary/aromatic N) is 1. The third kappa shape index (κ3) is 2.75. The predicted molar refractivity (Wildman–Crippen MR) is 87.9 cm³/mol. The molecule has 0 spiro atoms. The SMILES string of the molecule is C=CCN1CCCC(C(=O)OC)C1C1Cc2ccccc2N1. The smallest absolute Gasteiger partial charge is 0.310 e. The Balaban J connectivity index is 1.85. The van der Waals surface area contributed by atoms with Gasteiger partial charge in [-0.2, -0.15) is 0 Å². The molecule has 1 aromatic rings. The lowest BCUT2D eigenvalue weighted by molar-refractivity contribution is -0.150. The normalized spacial score (nSPS) is 27.8. The minimum atomic E-state index is -0.0866. The fourth-order valence-corrected chi connectivity index (χ4v) is 3.94. The van der Waals surface area contributed by atoms with Crippen molar-refractivity contribution in [3.05, 3.63) is 42.5 Å². The van der Waals surface area contributed by atoms with E-state index in [2.05, 4.69) is 35.0 Å². The summed E-state index contributed by atoms with van der Waals surface area (Å²) in [7, 11) is 1.49. The van der Waals surface area contributed by atoms with E-state index in [0.29, 0.717) is 0 Å². The van der Waals surface area contributed by atoms with Crippen molar-refractivity contribution in [3.8, 4) is 0 Å². The number of carbonyl (C=O) groups is 1. The maximum absolute atomic E-state index is 12.3. The zero-order chi connectivity index (χ0) is 15.5. The number of rotatable bonds is 4. The van der Waals surface area contributed by atoms with Crippen LogP contribution < -0.4 is 5.32 Å². The number of ether oxygens (including phenoxy) is 1. The molecule has 2 aliphatic rings. The summed E-state index contributed by atoms with van der Waals surface area (Å²) in [5.74, 6) is -0.151. The first-order chi connectivity index (χ1) is 10.7. The van der Waals surface area contributed by atoms with Gasteiger partial charge in [0.2, 0.25) is 0 Å². The zero-order valence-corrected chi connectivity index (χ0v) is 13.1. The Bertz CT molecular complexity index is 533. The first-order valence-electron chi connectivity index (χ1n) is 8.02. The molecule has 3 rings (SSSR count). The molecule has 4 nitrogen and oxygen atoms in total. The molecular weight excluding hydrogens is 276 g/mol. The molecule has 3 atom stereocenters. The summed E-state index contributed by atoms with van der Waals surface area (Å²) in [6.07, 6.45) is 4.82. The van der Waals surface area contributed by atoms with Gasteiger partial charge in [0.25, 0.3) is 0 Å². The summed E-state index contributed by atoms with van der Waals surface area (Å²) >= 11 is 0. The van der Waals surface area contributed by atoms with Crippen LogP contribution in [0.4, 0.5) is 5.69 Å². The molecule has 0 saturated carbocycles. The van der Waals surface area contributed by atoms with Crippen molar-refractivity contribution in [3.63, 3.8) is 0 Å². The summed E-state index contributed by atoms with van der Waals surface area (Å²) in [6, 6.07) is 8.81. The third-order valence-corrected chi connectivity index (χ3v) is 4.87. The second-order valence-corrected chi connectivity index (χ2v) is 6.16. The van der Waals surface area contributed by atoms with Crippen LogP contribution in [0, 0.1) is 5.92 Å². The molecule has 4 heteroatoms. The summed E-state index contributed by atoms with van der Waals surface area (Å²) in [6.45, 7) is 5.69. The van der Waals surface area contributed by atoms with Crippen LogP contribution in [0.3, 0.4) is 0 Å². The van der Waals surface area contributed by atoms with Gasteiger partial charge in [-0.1, -0.05) is 24.3 Å². The average molecular weight is 300 g/mol. The van der Waals surface area contributed by atoms with Crippen LogP contribution in [0.5, 0.6) is 0 Å². The van der Waals surface area contributed by atoms with E-state index in [1.807, 2.05) is 12.1 Å². The fraction of sp³-hybridized carbons (Fsp3) is 0.500. The number of para-hydroxylation sites is 1. The Morgan fingerprint density at radius 2 is 2.32 bits per heavy atom. The van der Waals surface area contributed by atoms with E-state index >= 15 is 0 Å². The number of piperidine rings is 1. The molecule has 3 unspecified atom stereocenters. The molecule has 0 radical (unpaired) electrons. The standard InChI is InChI=1S/C18H24N2O2/c1-3-10-20-11-6-8-14(18(21)22-2)17(20)16-12-13-7-4-5-9-15(13)19-16/h3-5,7,9,14,16-17,19H,1,6,8,10-12H2,2H3. The number of anilines is 1. The molecule has 0 amide bonds. The number of fused-ring (bicyclic) bond motifs is 1. The van der Waals surface area contributed by atoms with Crippen LogP contribution in [0.2, 0.25) is 0 Å². The van der Waals surface area contributed by atoms with Crippen molar-refractivity contribution in [2.75, 3.05) is 25.5 Å². The number of benzene rings is 1. The second-order valence-electron chi connectivity index (χ2n) is 6.16. The van der Waals surface area contributed by atoms with Crippen LogP contribution in [-0.4, -0.2) is 43.2 Å². The number of hydrogen-bond acceptors (Lipinski definition) is 4. The van der Waals surface area contributed by atoms with E-state index in [-0.39, 0.29) is 24.0 Å². The van der Waals surface area contributed by atoms with Crippen molar-refractivity contribution in [1.82, 2.24) is 4.90 Å². The molecule has 1 aromatic carbocycles. The second kappa shape index (κ2) is 6.53. The molecule has 0 bridgehead atoms. The lowest BCUT2D eigenvalue weighted by Gasteiger charge is -2.42. The molecule has 2 aliphatic heterocycles. The van der Waals surface area contributed by atoms with Gasteiger partial charge in [0, 0.05) is 24.3 Å². The predicted octanol–water partition coefficient (Wildman–Crippen LogP) is 2.46. The first kappa shape index (κ1) is 15.1. The van der Waals surface area contributed by atoms with E-state index in [4.69, 9.17) is 4.74 Å². The van der Waals surface area contributed by atoms with E-state index in [0.717, 1.165) is 32.4 Å². The lowest BCUT2D eigenvalue weighted by Crippen LogP contribution is -2.56. The van der Waals surface area contributed by atoms with Crippen molar-refractivity contribution in [2.45, 2.75) is 31.3 Å². The minimum absolute atomic E-state index is 0.0643. The van der Waals surface area contributed by atoms with Gasteiger partial charge in [-0.25, -0.2) is 0 Å². The topological polar surface area (TPSA) is 41.6 Å². The largest absolute Gasteiger partial charge is 0.469 e. The Morgan fingerprint density at radius 1 is 1.50 bits per heavy atom. The Labute approximate surface area is 132 Å². The maximum atomic E-state index is 12.3. The quantitative estimate of drug-likeness (QED) is 0.685. The van der Waals surface area contributed by atoms with Gasteiger partial charge in [0.15, 0.2) is 0 Å². The molecule has 0 aromatic heterocycles. The van der Waals surface area contributed by atoms with Crippen LogP contribution in [-0.2, 0) is 16.0 Å². The van der Waals surface area contributed by atoms with E-state index in [1.54, 1.807) is 0 Å². The third-order valence-electron chi connectivity index (χ3n) is 4.87. The molecule has 1 saturated heterocycles. The lowest BCUT2D eigenvalue weighted by atomic mass is 9.83. The molecule has 0 aliphatic carbocycles. The van der Waals surface area contributed by atoms with E-state index < -0.39 is 0 Å². The molecule has 2 heterocycles. The van der Waals surface area contributed by atoms with Crippen LogP contribution in [0.25, 0.3) is 0 Å². The van der Waals surface area contributed by atoms with Crippen molar-refractivity contribution >= 4 is 11.7 Å². The number of methoxy groups -OCH3 is 1. The highest BCUT2D eigenvalue weighted by atomic mass is 16.5. The number of esters is 1. The number of nitrogens with one attached hydrogen (secondary N) is 1. The number of likely N-dealkylation sites (tertiary alicyclic amines) is 1. The monoisotopic (exact) mass is 300 g/mol. The van der Waals surface area contributed by atoms with E-state index in [9.17, 15) is 4.79 Å². The van der Waals surface area contributed by atoms with Crippen LogP contribution >= 0.6 is 0 Å². The summed E-state index contributed by atoms with van der Waals surface area (Å²) in [5, 5.41) is 3.62. The van der Waals surface area contributed by atoms with Gasteiger partial charge in [-0.3, -0.25) is 9.69 Å². The molecule has 1 N–H and O–H groups in total. The molecular formula is C18H24N2O2. The van der Waals surface area contributed by atoms with Crippen LogP contribution in [0.15, 0.2) is 36.9 Å². The van der Waals surface area contributed by atoms with Crippen molar-refractivity contribution in [1.29, 1.82) is 0 Å². The Kier molecular flexibility index (Phi) is 4.48. The maximum Gasteiger partial charge on any atom is 0.310 e. The van der Waals surface area contributed by atoms with Gasteiger partial charge >= 0.3 is 5.97 Å². The van der Waals surface area contributed by atoms with Crippen LogP contribution in [0.1, 0.15) is 18.4 Å². The van der Waals surface area contributed by atoms with Crippen molar-refractivity contribution in [2.24, 2.45) is 5.92 Å². The molecule has 22 heavy (non-hydrogen) atoms. The van der Waals surface area contributed by atoms with Gasteiger partial charge in [0.1, 0.15) is 0 Å². The average Bonchev–Trinajstić information content (AvgIpc) is 2.97. The summed E-state index contributed by atoms with van der Waals surface area (Å²) in [5.41, 5.74) is 2.53. The van der Waals surface area contributed by atoms with Crippen molar-refractivity contribution < 1.29 is 9.53 Å². The zero-order valence-electron chi connectivity index (χ0n) is 13.1. The van der Waals surface area contributed by atoms with Gasteiger partial charge in [-0.05, 0) is 37.4 Å². The highest BCUT2D eigenvalue weighted by Gasteiger charge is 2.42. The van der Waals surface area contributed by atoms with Gasteiger partial charge in [-0.15, -0.1) is 6.58 Å². The fourth-order valence-electron chi connectivity index (χ4n) is 3.94. The summed E-state index contributed by atoms with van der Waals surface area (Å²) in [4.78, 5) is 14.6.